The minimum Gasteiger partial charge on any atom is -0.493 e. The number of rotatable bonds is 9. The van der Waals surface area contributed by atoms with Crippen molar-refractivity contribution < 1.29 is 27.8 Å². The van der Waals surface area contributed by atoms with Gasteiger partial charge in [0.2, 0.25) is 0 Å². The molecule has 1 amide bonds. The van der Waals surface area contributed by atoms with Gasteiger partial charge in [-0.25, -0.2) is 0 Å². The van der Waals surface area contributed by atoms with Crippen LogP contribution in [0.2, 0.25) is 0 Å². The lowest BCUT2D eigenvalue weighted by Crippen LogP contribution is -2.30. The molecule has 5 nitrogen and oxygen atoms in total. The number of methoxy groups -OCH3 is 1. The van der Waals surface area contributed by atoms with E-state index in [1.807, 2.05) is 12.1 Å². The Kier molecular flexibility index (Phi) is 6.68. The van der Waals surface area contributed by atoms with E-state index in [-0.39, 0.29) is 24.0 Å². The predicted octanol–water partition coefficient (Wildman–Crippen LogP) is 3.52. The Morgan fingerprint density at radius 2 is 1.93 bits per heavy atom. The van der Waals surface area contributed by atoms with Crippen LogP contribution in [0.15, 0.2) is 36.4 Å². The van der Waals surface area contributed by atoms with Crippen molar-refractivity contribution in [1.82, 2.24) is 5.32 Å². The molecule has 2 aromatic rings. The summed E-state index contributed by atoms with van der Waals surface area (Å²) in [4.78, 5) is 12.0. The van der Waals surface area contributed by atoms with Crippen LogP contribution in [0, 0.1) is 0 Å². The summed E-state index contributed by atoms with van der Waals surface area (Å²) in [5.41, 5.74) is 3.39. The molecule has 0 unspecified atom stereocenters. The molecule has 0 radical (unpaired) electrons. The first-order valence-electron chi connectivity index (χ1n) is 9.18. The lowest BCUT2D eigenvalue weighted by molar-refractivity contribution is -0.123. The van der Waals surface area contributed by atoms with Gasteiger partial charge in [-0.15, -0.1) is 0 Å². The molecule has 0 fully saturated rings. The second-order valence-corrected chi connectivity index (χ2v) is 6.54. The van der Waals surface area contributed by atoms with Gasteiger partial charge in [0.05, 0.1) is 7.11 Å². The van der Waals surface area contributed by atoms with Crippen molar-refractivity contribution in [2.45, 2.75) is 32.3 Å². The first-order chi connectivity index (χ1) is 13.5. The molecule has 28 heavy (non-hydrogen) atoms. The number of hydrogen-bond donors (Lipinski definition) is 1. The maximum absolute atomic E-state index is 12.5. The molecular formula is C21H23F2NO4. The number of hydrogen-bond acceptors (Lipinski definition) is 4. The molecule has 0 saturated heterocycles. The molecule has 0 spiro atoms. The number of nitrogens with one attached hydrogen (secondary N) is 1. The second kappa shape index (κ2) is 9.39. The number of amides is 1. The van der Waals surface area contributed by atoms with E-state index in [0.717, 1.165) is 24.8 Å². The lowest BCUT2D eigenvalue weighted by Gasteiger charge is -2.12. The minimum atomic E-state index is -2.93. The second-order valence-electron chi connectivity index (χ2n) is 6.54. The number of fused-ring (bicyclic) bond motifs is 1. The highest BCUT2D eigenvalue weighted by molar-refractivity contribution is 5.77. The normalized spacial score (nSPS) is 12.6. The first kappa shape index (κ1) is 19.9. The summed E-state index contributed by atoms with van der Waals surface area (Å²) < 4.78 is 40.0. The van der Waals surface area contributed by atoms with Crippen molar-refractivity contribution in [3.8, 4) is 17.2 Å². The van der Waals surface area contributed by atoms with Crippen LogP contribution < -0.4 is 19.5 Å². The van der Waals surface area contributed by atoms with Gasteiger partial charge in [0.1, 0.15) is 5.75 Å². The standard InChI is InChI=1S/C21H23F2NO4/c1-26-18-8-5-14(11-19(18)28-21(22)23)9-10-24-20(25)13-27-17-7-6-15-3-2-4-16(15)12-17/h5-8,11-12,21H,2-4,9-10,13H2,1H3,(H,24,25). The average molecular weight is 391 g/mol. The number of aryl methyl sites for hydroxylation is 2. The van der Waals surface area contributed by atoms with Gasteiger partial charge in [-0.05, 0) is 66.6 Å². The number of ether oxygens (including phenoxy) is 3. The van der Waals surface area contributed by atoms with Gasteiger partial charge >= 0.3 is 6.61 Å². The Bertz CT molecular complexity index is 826. The lowest BCUT2D eigenvalue weighted by atomic mass is 10.1. The zero-order valence-corrected chi connectivity index (χ0v) is 15.7. The topological polar surface area (TPSA) is 56.8 Å². The Morgan fingerprint density at radius 1 is 1.11 bits per heavy atom. The fourth-order valence-electron chi connectivity index (χ4n) is 3.25. The molecule has 7 heteroatoms. The monoisotopic (exact) mass is 391 g/mol. The van der Waals surface area contributed by atoms with Crippen LogP contribution >= 0.6 is 0 Å². The molecule has 0 aromatic heterocycles. The molecule has 150 valence electrons. The Hall–Kier alpha value is -2.83. The van der Waals surface area contributed by atoms with E-state index in [1.165, 1.54) is 24.3 Å². The third kappa shape index (κ3) is 5.34. The third-order valence-corrected chi connectivity index (χ3v) is 4.62. The number of alkyl halides is 2. The van der Waals surface area contributed by atoms with E-state index in [9.17, 15) is 13.6 Å². The van der Waals surface area contributed by atoms with Gasteiger partial charge < -0.3 is 19.5 Å². The molecule has 0 saturated carbocycles. The summed E-state index contributed by atoms with van der Waals surface area (Å²) in [6.07, 6.45) is 3.78. The summed E-state index contributed by atoms with van der Waals surface area (Å²) >= 11 is 0. The van der Waals surface area contributed by atoms with E-state index in [4.69, 9.17) is 9.47 Å². The molecule has 1 aliphatic carbocycles. The summed E-state index contributed by atoms with van der Waals surface area (Å²) in [6.45, 7) is -2.64. The first-order valence-corrected chi connectivity index (χ1v) is 9.18. The predicted molar refractivity (Wildman–Crippen MR) is 100 cm³/mol. The van der Waals surface area contributed by atoms with Gasteiger partial charge in [-0.2, -0.15) is 8.78 Å². The van der Waals surface area contributed by atoms with E-state index in [2.05, 4.69) is 16.1 Å². The van der Waals surface area contributed by atoms with Crippen LogP contribution in [0.4, 0.5) is 8.78 Å². The van der Waals surface area contributed by atoms with Gasteiger partial charge in [-0.3, -0.25) is 4.79 Å². The van der Waals surface area contributed by atoms with E-state index < -0.39 is 6.61 Å². The molecule has 3 rings (SSSR count). The van der Waals surface area contributed by atoms with Crippen LogP contribution in [0.1, 0.15) is 23.1 Å². The van der Waals surface area contributed by atoms with E-state index in [1.54, 1.807) is 12.1 Å². The highest BCUT2D eigenvalue weighted by atomic mass is 19.3. The highest BCUT2D eigenvalue weighted by Gasteiger charge is 2.13. The summed E-state index contributed by atoms with van der Waals surface area (Å²) in [5, 5.41) is 2.76. The number of carbonyl (C=O) groups excluding carboxylic acids is 1. The Balaban J connectivity index is 1.45. The van der Waals surface area contributed by atoms with E-state index in [0.29, 0.717) is 18.7 Å². The van der Waals surface area contributed by atoms with Crippen LogP contribution in [0.5, 0.6) is 17.2 Å². The fourth-order valence-corrected chi connectivity index (χ4v) is 3.25. The van der Waals surface area contributed by atoms with Crippen LogP contribution in [0.25, 0.3) is 0 Å². The van der Waals surface area contributed by atoms with Crippen molar-refractivity contribution >= 4 is 5.91 Å². The third-order valence-electron chi connectivity index (χ3n) is 4.62. The summed E-state index contributed by atoms with van der Waals surface area (Å²) in [6, 6.07) is 10.7. The summed E-state index contributed by atoms with van der Waals surface area (Å²) in [7, 11) is 1.38. The van der Waals surface area contributed by atoms with Gasteiger partial charge in [-0.1, -0.05) is 12.1 Å². The van der Waals surface area contributed by atoms with Gasteiger partial charge in [0.25, 0.3) is 5.91 Å². The molecule has 1 N–H and O–H groups in total. The molecule has 2 aromatic carbocycles. The maximum atomic E-state index is 12.5. The quantitative estimate of drug-likeness (QED) is 0.711. The van der Waals surface area contributed by atoms with Gasteiger partial charge in [0, 0.05) is 6.54 Å². The van der Waals surface area contributed by atoms with Crippen LogP contribution in [0.3, 0.4) is 0 Å². The summed E-state index contributed by atoms with van der Waals surface area (Å²) in [5.74, 6) is 0.662. The molecule has 1 aliphatic rings. The fraction of sp³-hybridized carbons (Fsp3) is 0.381. The molecular weight excluding hydrogens is 368 g/mol. The molecule has 0 bridgehead atoms. The average Bonchev–Trinajstić information content (AvgIpc) is 3.14. The van der Waals surface area contributed by atoms with Crippen LogP contribution in [-0.4, -0.2) is 32.8 Å². The van der Waals surface area contributed by atoms with Crippen molar-refractivity contribution in [3.05, 3.63) is 53.1 Å². The number of benzene rings is 2. The number of halogens is 2. The highest BCUT2D eigenvalue weighted by Crippen LogP contribution is 2.29. The van der Waals surface area contributed by atoms with E-state index >= 15 is 0 Å². The van der Waals surface area contributed by atoms with Crippen LogP contribution in [-0.2, 0) is 24.1 Å². The molecule has 0 atom stereocenters. The van der Waals surface area contributed by atoms with Crippen molar-refractivity contribution in [2.75, 3.05) is 20.3 Å². The maximum Gasteiger partial charge on any atom is 0.387 e. The zero-order chi connectivity index (χ0) is 19.9. The largest absolute Gasteiger partial charge is 0.493 e. The minimum absolute atomic E-state index is 0.0266. The Morgan fingerprint density at radius 3 is 2.71 bits per heavy atom. The number of carbonyl (C=O) groups is 1. The smallest absolute Gasteiger partial charge is 0.387 e. The molecule has 0 aliphatic heterocycles. The van der Waals surface area contributed by atoms with Crippen molar-refractivity contribution in [1.29, 1.82) is 0 Å². The van der Waals surface area contributed by atoms with Crippen molar-refractivity contribution in [3.63, 3.8) is 0 Å². The molecule has 0 heterocycles. The SMILES string of the molecule is COc1ccc(CCNC(=O)COc2ccc3c(c2)CCC3)cc1OC(F)F. The Labute approximate surface area is 162 Å². The van der Waals surface area contributed by atoms with Crippen molar-refractivity contribution in [2.24, 2.45) is 0 Å². The zero-order valence-electron chi connectivity index (χ0n) is 15.7. The van der Waals surface area contributed by atoms with Gasteiger partial charge in [0.15, 0.2) is 18.1 Å².